The Kier molecular flexibility index (Phi) is 6.44. The van der Waals surface area contributed by atoms with Crippen molar-refractivity contribution in [2.24, 2.45) is 11.8 Å². The van der Waals surface area contributed by atoms with Gasteiger partial charge in [-0.25, -0.2) is 0 Å². The molecule has 128 valence electrons. The van der Waals surface area contributed by atoms with Crippen LogP contribution in [0.25, 0.3) is 0 Å². The van der Waals surface area contributed by atoms with E-state index in [-0.39, 0.29) is 23.7 Å². The maximum atomic E-state index is 12.3. The lowest BCUT2D eigenvalue weighted by molar-refractivity contribution is -0.137. The number of thioether (sulfide) groups is 1. The standard InChI is InChI=1S/C15H25N5O2S/c1-4-12-16-15(19-18-12)17-13(21)11-5-7-20(8-6-11)14(22)10(2)9-23-3/h10-11H,4-9H2,1-3H3,(H2,16,17,18,19,21)/t10-/m0/s1. The fraction of sp³-hybridized carbons (Fsp3) is 0.733. The maximum Gasteiger partial charge on any atom is 0.248 e. The van der Waals surface area contributed by atoms with Gasteiger partial charge in [0.2, 0.25) is 17.8 Å². The van der Waals surface area contributed by atoms with Crippen LogP contribution in [0.2, 0.25) is 0 Å². The number of hydrogen-bond acceptors (Lipinski definition) is 5. The molecule has 0 unspecified atom stereocenters. The lowest BCUT2D eigenvalue weighted by Crippen LogP contribution is -2.44. The van der Waals surface area contributed by atoms with E-state index in [2.05, 4.69) is 20.5 Å². The van der Waals surface area contributed by atoms with E-state index in [0.29, 0.717) is 31.9 Å². The van der Waals surface area contributed by atoms with E-state index < -0.39 is 0 Å². The molecule has 1 aliphatic rings. The van der Waals surface area contributed by atoms with Gasteiger partial charge < -0.3 is 4.90 Å². The number of nitrogens with one attached hydrogen (secondary N) is 2. The fourth-order valence-corrected chi connectivity index (χ4v) is 3.36. The first-order valence-electron chi connectivity index (χ1n) is 8.05. The predicted molar refractivity (Wildman–Crippen MR) is 91.2 cm³/mol. The molecule has 1 saturated heterocycles. The zero-order valence-electron chi connectivity index (χ0n) is 14.0. The topological polar surface area (TPSA) is 91.0 Å². The van der Waals surface area contributed by atoms with Gasteiger partial charge in [0.25, 0.3) is 0 Å². The SMILES string of the molecule is CCc1nc(NC(=O)C2CCN(C(=O)[C@@H](C)CSC)CC2)n[nH]1. The maximum absolute atomic E-state index is 12.3. The van der Waals surface area contributed by atoms with Gasteiger partial charge in [-0.3, -0.25) is 20.0 Å². The molecule has 2 heterocycles. The number of H-pyrrole nitrogens is 1. The van der Waals surface area contributed by atoms with Crippen molar-refractivity contribution in [2.45, 2.75) is 33.1 Å². The first kappa shape index (κ1) is 17.8. The van der Waals surface area contributed by atoms with Gasteiger partial charge in [0.05, 0.1) is 0 Å². The minimum Gasteiger partial charge on any atom is -0.342 e. The van der Waals surface area contributed by atoms with Gasteiger partial charge in [-0.1, -0.05) is 13.8 Å². The third-order valence-electron chi connectivity index (χ3n) is 4.12. The van der Waals surface area contributed by atoms with Crippen LogP contribution in [0.5, 0.6) is 0 Å². The van der Waals surface area contributed by atoms with Crippen LogP contribution in [0.1, 0.15) is 32.5 Å². The van der Waals surface area contributed by atoms with Crippen LogP contribution < -0.4 is 5.32 Å². The van der Waals surface area contributed by atoms with Crippen LogP contribution in [-0.4, -0.2) is 57.0 Å². The monoisotopic (exact) mass is 339 g/mol. The number of aromatic amines is 1. The molecule has 0 saturated carbocycles. The quantitative estimate of drug-likeness (QED) is 0.820. The number of carbonyl (C=O) groups excluding carboxylic acids is 2. The summed E-state index contributed by atoms with van der Waals surface area (Å²) in [6.07, 6.45) is 4.13. The normalized spacial score (nSPS) is 17.1. The molecule has 2 N–H and O–H groups in total. The molecular formula is C15H25N5O2S. The van der Waals surface area contributed by atoms with Crippen LogP contribution in [0.3, 0.4) is 0 Å². The van der Waals surface area contributed by atoms with Crippen LogP contribution >= 0.6 is 11.8 Å². The zero-order valence-corrected chi connectivity index (χ0v) is 14.8. The molecule has 0 bridgehead atoms. The Morgan fingerprint density at radius 1 is 1.43 bits per heavy atom. The molecule has 1 aromatic rings. The molecule has 8 heteroatoms. The van der Waals surface area contributed by atoms with Crippen LogP contribution in [0.4, 0.5) is 5.95 Å². The van der Waals surface area contributed by atoms with E-state index in [1.165, 1.54) is 0 Å². The predicted octanol–water partition coefficient (Wildman–Crippen LogP) is 1.54. The second-order valence-corrected chi connectivity index (χ2v) is 6.82. The summed E-state index contributed by atoms with van der Waals surface area (Å²) in [6.45, 7) is 5.22. The number of likely N-dealkylation sites (tertiary alicyclic amines) is 1. The van der Waals surface area contributed by atoms with Crippen LogP contribution in [0.15, 0.2) is 0 Å². The van der Waals surface area contributed by atoms with E-state index in [1.807, 2.05) is 25.0 Å². The average Bonchev–Trinajstić information content (AvgIpc) is 3.02. The molecule has 0 aromatic carbocycles. The largest absolute Gasteiger partial charge is 0.342 e. The molecule has 23 heavy (non-hydrogen) atoms. The minimum atomic E-state index is -0.0847. The molecule has 0 aliphatic carbocycles. The Bertz CT molecular complexity index is 540. The van der Waals surface area contributed by atoms with E-state index in [4.69, 9.17) is 0 Å². The molecule has 1 fully saturated rings. The number of amides is 2. The van der Waals surface area contributed by atoms with Crippen molar-refractivity contribution >= 4 is 29.5 Å². The van der Waals surface area contributed by atoms with Crippen molar-refractivity contribution in [1.82, 2.24) is 20.1 Å². The third-order valence-corrected chi connectivity index (χ3v) is 4.95. The average molecular weight is 339 g/mol. The highest BCUT2D eigenvalue weighted by atomic mass is 32.2. The molecule has 0 radical (unpaired) electrons. The first-order valence-corrected chi connectivity index (χ1v) is 9.44. The van der Waals surface area contributed by atoms with E-state index in [1.54, 1.807) is 11.8 Å². The Balaban J connectivity index is 1.81. The summed E-state index contributed by atoms with van der Waals surface area (Å²) >= 11 is 1.68. The Hall–Kier alpha value is -1.57. The van der Waals surface area contributed by atoms with Gasteiger partial charge in [-0.2, -0.15) is 16.7 Å². The summed E-state index contributed by atoms with van der Waals surface area (Å²) in [4.78, 5) is 30.6. The van der Waals surface area contributed by atoms with Gasteiger partial charge in [-0.05, 0) is 19.1 Å². The molecule has 1 aliphatic heterocycles. The summed E-state index contributed by atoms with van der Waals surface area (Å²) < 4.78 is 0. The van der Waals surface area contributed by atoms with Gasteiger partial charge in [0.1, 0.15) is 5.82 Å². The molecular weight excluding hydrogens is 314 g/mol. The lowest BCUT2D eigenvalue weighted by atomic mass is 9.95. The highest BCUT2D eigenvalue weighted by Crippen LogP contribution is 2.21. The first-order chi connectivity index (χ1) is 11.0. The Labute approximate surface area is 141 Å². The van der Waals surface area contributed by atoms with Crippen molar-refractivity contribution in [3.63, 3.8) is 0 Å². The molecule has 2 rings (SSSR count). The molecule has 1 atom stereocenters. The summed E-state index contributed by atoms with van der Waals surface area (Å²) in [7, 11) is 0. The Morgan fingerprint density at radius 3 is 2.70 bits per heavy atom. The number of anilines is 1. The third kappa shape index (κ3) is 4.70. The minimum absolute atomic E-state index is 0.0381. The summed E-state index contributed by atoms with van der Waals surface area (Å²) in [6, 6.07) is 0. The highest BCUT2D eigenvalue weighted by molar-refractivity contribution is 7.98. The highest BCUT2D eigenvalue weighted by Gasteiger charge is 2.29. The summed E-state index contributed by atoms with van der Waals surface area (Å²) in [5, 5.41) is 9.51. The molecule has 7 nitrogen and oxygen atoms in total. The van der Waals surface area contributed by atoms with Crippen molar-refractivity contribution in [2.75, 3.05) is 30.4 Å². The number of carbonyl (C=O) groups is 2. The molecule has 1 aromatic heterocycles. The zero-order chi connectivity index (χ0) is 16.8. The van der Waals surface area contributed by atoms with Crippen LogP contribution in [-0.2, 0) is 16.0 Å². The number of nitrogens with zero attached hydrogens (tertiary/aromatic N) is 3. The van der Waals surface area contributed by atoms with Crippen molar-refractivity contribution in [1.29, 1.82) is 0 Å². The van der Waals surface area contributed by atoms with Gasteiger partial charge in [-0.15, -0.1) is 5.10 Å². The van der Waals surface area contributed by atoms with Gasteiger partial charge in [0.15, 0.2) is 0 Å². The lowest BCUT2D eigenvalue weighted by Gasteiger charge is -2.32. The van der Waals surface area contributed by atoms with Gasteiger partial charge >= 0.3 is 0 Å². The summed E-state index contributed by atoms with van der Waals surface area (Å²) in [5.74, 6) is 2.01. The van der Waals surface area contributed by atoms with E-state index >= 15 is 0 Å². The fourth-order valence-electron chi connectivity index (χ4n) is 2.72. The summed E-state index contributed by atoms with van der Waals surface area (Å²) in [5.41, 5.74) is 0. The molecule has 2 amide bonds. The number of hydrogen-bond donors (Lipinski definition) is 2. The van der Waals surface area contributed by atoms with E-state index in [0.717, 1.165) is 18.0 Å². The Morgan fingerprint density at radius 2 is 2.13 bits per heavy atom. The van der Waals surface area contributed by atoms with E-state index in [9.17, 15) is 9.59 Å². The number of aromatic nitrogens is 3. The molecule has 0 spiro atoms. The van der Waals surface area contributed by atoms with Gasteiger partial charge in [0, 0.05) is 37.1 Å². The van der Waals surface area contributed by atoms with Crippen molar-refractivity contribution in [3.8, 4) is 0 Å². The van der Waals surface area contributed by atoms with Crippen LogP contribution in [0, 0.1) is 11.8 Å². The number of aryl methyl sites for hydroxylation is 1. The smallest absolute Gasteiger partial charge is 0.248 e. The van der Waals surface area contributed by atoms with Crippen molar-refractivity contribution in [3.05, 3.63) is 5.82 Å². The number of rotatable bonds is 6. The second kappa shape index (κ2) is 8.33. The second-order valence-electron chi connectivity index (χ2n) is 5.90. The van der Waals surface area contributed by atoms with Crippen molar-refractivity contribution < 1.29 is 9.59 Å². The number of piperidine rings is 1.